The number of rotatable bonds is 6. The minimum atomic E-state index is -0.492. The molecular formula is C17H26ClN5O2. The van der Waals surface area contributed by atoms with E-state index in [1.54, 1.807) is 5.06 Å². The average Bonchev–Trinajstić information content (AvgIpc) is 2.58. The average molecular weight is 368 g/mol. The van der Waals surface area contributed by atoms with E-state index in [0.717, 1.165) is 37.9 Å². The van der Waals surface area contributed by atoms with Crippen molar-refractivity contribution in [3.8, 4) is 5.75 Å². The maximum absolute atomic E-state index is 6.04. The molecule has 0 saturated heterocycles. The zero-order valence-electron chi connectivity index (χ0n) is 14.3. The van der Waals surface area contributed by atoms with Crippen molar-refractivity contribution in [3.05, 3.63) is 30.3 Å². The summed E-state index contributed by atoms with van der Waals surface area (Å²) in [6.45, 7) is 1.06. The molecule has 2 aliphatic rings. The topological polar surface area (TPSA) is 98.5 Å². The minimum absolute atomic E-state index is 0. The van der Waals surface area contributed by atoms with E-state index in [-0.39, 0.29) is 24.3 Å². The van der Waals surface area contributed by atoms with Crippen LogP contribution in [-0.2, 0) is 4.84 Å². The minimum Gasteiger partial charge on any atom is -0.494 e. The Kier molecular flexibility index (Phi) is 6.90. The monoisotopic (exact) mass is 367 g/mol. The first-order valence-electron chi connectivity index (χ1n) is 8.50. The van der Waals surface area contributed by atoms with E-state index < -0.39 is 5.66 Å². The molecule has 1 fully saturated rings. The van der Waals surface area contributed by atoms with Gasteiger partial charge in [-0.05, 0) is 37.8 Å². The molecule has 25 heavy (non-hydrogen) atoms. The lowest BCUT2D eigenvalue weighted by atomic mass is 9.89. The number of halogens is 1. The number of nitrogens with two attached hydrogens (primary N) is 2. The zero-order chi connectivity index (χ0) is 16.8. The normalized spacial score (nSPS) is 19.0. The van der Waals surface area contributed by atoms with Crippen LogP contribution >= 0.6 is 12.4 Å². The van der Waals surface area contributed by atoms with Gasteiger partial charge in [0.1, 0.15) is 5.75 Å². The summed E-state index contributed by atoms with van der Waals surface area (Å²) in [4.78, 5) is 14.5. The molecule has 8 heteroatoms. The number of ether oxygens (including phenoxy) is 1. The van der Waals surface area contributed by atoms with E-state index in [1.807, 2.05) is 30.3 Å². The standard InChI is InChI=1S/C17H25N5O2.ClH/c18-15-20-16(19)22(17(21-15)10-5-2-6-11-17)24-13-7-12-23-14-8-3-1-4-9-14;/h1,3-4,8-9H,2,5-7,10-13H2,(H4,18,19,20,21);1H. The van der Waals surface area contributed by atoms with E-state index in [1.165, 1.54) is 6.42 Å². The van der Waals surface area contributed by atoms with Crippen LogP contribution in [0.1, 0.15) is 38.5 Å². The maximum atomic E-state index is 6.04. The molecule has 0 atom stereocenters. The van der Waals surface area contributed by atoms with E-state index >= 15 is 0 Å². The van der Waals surface area contributed by atoms with Crippen LogP contribution in [-0.4, -0.2) is 35.9 Å². The number of nitrogens with zero attached hydrogens (tertiary/aromatic N) is 3. The number of guanidine groups is 2. The number of hydrogen-bond acceptors (Lipinski definition) is 7. The second-order valence-electron chi connectivity index (χ2n) is 6.13. The van der Waals surface area contributed by atoms with Crippen LogP contribution in [0.2, 0.25) is 0 Å². The van der Waals surface area contributed by atoms with Crippen molar-refractivity contribution >= 4 is 24.3 Å². The van der Waals surface area contributed by atoms with Crippen molar-refractivity contribution in [2.75, 3.05) is 13.2 Å². The lowest BCUT2D eigenvalue weighted by molar-refractivity contribution is -0.178. The van der Waals surface area contributed by atoms with Crippen LogP contribution in [0.15, 0.2) is 40.3 Å². The van der Waals surface area contributed by atoms with Gasteiger partial charge >= 0.3 is 0 Å². The van der Waals surface area contributed by atoms with Crippen LogP contribution in [0.3, 0.4) is 0 Å². The summed E-state index contributed by atoms with van der Waals surface area (Å²) in [6, 6.07) is 9.73. The van der Waals surface area contributed by atoms with Crippen molar-refractivity contribution in [2.24, 2.45) is 21.5 Å². The van der Waals surface area contributed by atoms with Gasteiger partial charge in [-0.15, -0.1) is 12.4 Å². The van der Waals surface area contributed by atoms with Gasteiger partial charge in [0.2, 0.25) is 11.9 Å². The molecule has 0 unspecified atom stereocenters. The maximum Gasteiger partial charge on any atom is 0.226 e. The lowest BCUT2D eigenvalue weighted by Crippen LogP contribution is -2.57. The first kappa shape index (κ1) is 19.3. The molecule has 7 nitrogen and oxygen atoms in total. The van der Waals surface area contributed by atoms with Crippen LogP contribution in [0.25, 0.3) is 0 Å². The van der Waals surface area contributed by atoms with E-state index in [4.69, 9.17) is 21.0 Å². The number of para-hydroxylation sites is 1. The Morgan fingerprint density at radius 2 is 1.76 bits per heavy atom. The summed E-state index contributed by atoms with van der Waals surface area (Å²) in [6.07, 6.45) is 5.87. The zero-order valence-corrected chi connectivity index (χ0v) is 15.1. The Morgan fingerprint density at radius 3 is 2.48 bits per heavy atom. The van der Waals surface area contributed by atoms with Crippen molar-refractivity contribution in [1.29, 1.82) is 0 Å². The Hall–Kier alpha value is -1.99. The molecule has 138 valence electrons. The van der Waals surface area contributed by atoms with Gasteiger partial charge in [0.25, 0.3) is 0 Å². The van der Waals surface area contributed by atoms with Gasteiger partial charge in [-0.25, -0.2) is 4.99 Å². The van der Waals surface area contributed by atoms with Crippen LogP contribution < -0.4 is 16.2 Å². The largest absolute Gasteiger partial charge is 0.494 e. The van der Waals surface area contributed by atoms with Crippen molar-refractivity contribution in [1.82, 2.24) is 5.06 Å². The van der Waals surface area contributed by atoms with Crippen molar-refractivity contribution in [2.45, 2.75) is 44.2 Å². The Balaban J connectivity index is 0.00000225. The second kappa shape index (κ2) is 8.92. The van der Waals surface area contributed by atoms with Crippen molar-refractivity contribution in [3.63, 3.8) is 0 Å². The van der Waals surface area contributed by atoms with Gasteiger partial charge in [-0.2, -0.15) is 10.1 Å². The smallest absolute Gasteiger partial charge is 0.226 e. The third-order valence-electron chi connectivity index (χ3n) is 4.31. The third-order valence-corrected chi connectivity index (χ3v) is 4.31. The predicted octanol–water partition coefficient (Wildman–Crippen LogP) is 2.41. The van der Waals surface area contributed by atoms with Crippen LogP contribution in [0.4, 0.5) is 0 Å². The van der Waals surface area contributed by atoms with Gasteiger partial charge < -0.3 is 16.2 Å². The Labute approximate surface area is 154 Å². The van der Waals surface area contributed by atoms with E-state index in [2.05, 4.69) is 9.98 Å². The van der Waals surface area contributed by atoms with Gasteiger partial charge in [-0.1, -0.05) is 24.6 Å². The molecule has 1 aromatic rings. The fraction of sp³-hybridized carbons (Fsp3) is 0.529. The highest BCUT2D eigenvalue weighted by molar-refractivity contribution is 5.95. The molecular weight excluding hydrogens is 342 g/mol. The van der Waals surface area contributed by atoms with Gasteiger partial charge in [0, 0.05) is 6.42 Å². The molecule has 0 radical (unpaired) electrons. The summed E-state index contributed by atoms with van der Waals surface area (Å²) in [5.41, 5.74) is 11.4. The summed E-state index contributed by atoms with van der Waals surface area (Å²) in [5.74, 6) is 1.38. The number of aliphatic imine (C=N–C) groups is 2. The second-order valence-corrected chi connectivity index (χ2v) is 6.13. The van der Waals surface area contributed by atoms with Gasteiger partial charge in [0.05, 0.1) is 13.2 Å². The summed E-state index contributed by atoms with van der Waals surface area (Å²) in [5, 5.41) is 1.66. The van der Waals surface area contributed by atoms with E-state index in [0.29, 0.717) is 13.2 Å². The highest BCUT2D eigenvalue weighted by Gasteiger charge is 2.42. The van der Waals surface area contributed by atoms with Gasteiger partial charge in [-0.3, -0.25) is 4.84 Å². The molecule has 0 amide bonds. The molecule has 1 heterocycles. The lowest BCUT2D eigenvalue weighted by Gasteiger charge is -2.44. The fourth-order valence-electron chi connectivity index (χ4n) is 3.20. The number of hydrogen-bond donors (Lipinski definition) is 2. The molecule has 0 bridgehead atoms. The van der Waals surface area contributed by atoms with Crippen LogP contribution in [0.5, 0.6) is 5.75 Å². The molecule has 1 spiro atoms. The quantitative estimate of drug-likeness (QED) is 0.752. The number of benzene rings is 1. The SMILES string of the molecule is Cl.NC1=NC2(CCCCC2)N(OCCCOc2ccccc2)C(N)=N1. The summed E-state index contributed by atoms with van der Waals surface area (Å²) in [7, 11) is 0. The van der Waals surface area contributed by atoms with E-state index in [9.17, 15) is 0 Å². The third kappa shape index (κ3) is 4.76. The van der Waals surface area contributed by atoms with Crippen LogP contribution in [0, 0.1) is 0 Å². The predicted molar refractivity (Wildman–Crippen MR) is 101 cm³/mol. The van der Waals surface area contributed by atoms with Gasteiger partial charge in [0.15, 0.2) is 5.66 Å². The Bertz CT molecular complexity index is 602. The molecule has 0 aromatic heterocycles. The molecule has 4 N–H and O–H groups in total. The molecule has 3 rings (SSSR count). The highest BCUT2D eigenvalue weighted by atomic mass is 35.5. The molecule has 1 aliphatic heterocycles. The molecule has 1 aromatic carbocycles. The molecule has 1 aliphatic carbocycles. The summed E-state index contributed by atoms with van der Waals surface area (Å²) >= 11 is 0. The first-order chi connectivity index (χ1) is 11.7. The Morgan fingerprint density at radius 1 is 1.04 bits per heavy atom. The summed E-state index contributed by atoms with van der Waals surface area (Å²) < 4.78 is 5.67. The first-order valence-corrected chi connectivity index (χ1v) is 8.50. The molecule has 1 saturated carbocycles. The van der Waals surface area contributed by atoms with Crippen molar-refractivity contribution < 1.29 is 9.57 Å². The highest BCUT2D eigenvalue weighted by Crippen LogP contribution is 2.36. The fourth-order valence-corrected chi connectivity index (χ4v) is 3.20. The number of hydroxylamine groups is 2.